The molecule has 6 N–H and O–H groups in total. The summed E-state index contributed by atoms with van der Waals surface area (Å²) in [6.45, 7) is 3.85. The normalized spacial score (nSPS) is 21.2. The summed E-state index contributed by atoms with van der Waals surface area (Å²) in [6, 6.07) is -0.711. The summed E-state index contributed by atoms with van der Waals surface area (Å²) in [5, 5.41) is 54.3. The molecule has 0 radical (unpaired) electrons. The zero-order chi connectivity index (χ0) is 40.2. The molecule has 9 heteroatoms. The highest BCUT2D eigenvalue weighted by molar-refractivity contribution is 5.76. The SMILES string of the molecule is CCCCCCCCCCCCCCCCCCCCCC(=O)N[C@@H](CO[C@H]1O[C@H](CO)[C@H](O)[C@H](O)[C@H]1O)[C@H](O)CCCCCCCCCCCCCCC. The smallest absolute Gasteiger partial charge is 0.220 e. The van der Waals surface area contributed by atoms with Crippen LogP contribution in [0.5, 0.6) is 0 Å². The number of rotatable bonds is 40. The molecule has 9 nitrogen and oxygen atoms in total. The van der Waals surface area contributed by atoms with Gasteiger partial charge < -0.3 is 40.3 Å². The van der Waals surface area contributed by atoms with Gasteiger partial charge in [0.25, 0.3) is 0 Å². The second-order valence-corrected chi connectivity index (χ2v) is 16.9. The average Bonchev–Trinajstić information content (AvgIpc) is 3.18. The number of amides is 1. The Morgan fingerprint density at radius 3 is 1.29 bits per heavy atom. The summed E-state index contributed by atoms with van der Waals surface area (Å²) in [5.41, 5.74) is 0. The Morgan fingerprint density at radius 1 is 0.545 bits per heavy atom. The maximum Gasteiger partial charge on any atom is 0.220 e. The number of unbranched alkanes of at least 4 members (excludes halogenated alkanes) is 30. The van der Waals surface area contributed by atoms with Gasteiger partial charge in [-0.15, -0.1) is 0 Å². The fourth-order valence-corrected chi connectivity index (χ4v) is 7.87. The lowest BCUT2D eigenvalue weighted by atomic mass is 9.99. The maximum atomic E-state index is 13.0. The molecule has 1 aliphatic rings. The number of carbonyl (C=O) groups excluding carboxylic acids is 1. The molecule has 0 aromatic rings. The number of hydrogen-bond donors (Lipinski definition) is 6. The van der Waals surface area contributed by atoms with Crippen LogP contribution in [-0.4, -0.2) is 87.5 Å². The minimum Gasteiger partial charge on any atom is -0.394 e. The third-order valence-electron chi connectivity index (χ3n) is 11.7. The number of carbonyl (C=O) groups is 1. The number of aliphatic hydroxyl groups is 5. The van der Waals surface area contributed by atoms with Gasteiger partial charge in [-0.25, -0.2) is 0 Å². The van der Waals surface area contributed by atoms with Crippen LogP contribution in [0.3, 0.4) is 0 Å². The van der Waals surface area contributed by atoms with Crippen LogP contribution >= 0.6 is 0 Å². The van der Waals surface area contributed by atoms with E-state index in [4.69, 9.17) is 9.47 Å². The zero-order valence-corrected chi connectivity index (χ0v) is 36.0. The lowest BCUT2D eigenvalue weighted by molar-refractivity contribution is -0.302. The number of hydrogen-bond acceptors (Lipinski definition) is 8. The topological polar surface area (TPSA) is 149 Å². The van der Waals surface area contributed by atoms with Gasteiger partial charge in [0.05, 0.1) is 25.4 Å². The van der Waals surface area contributed by atoms with Crippen molar-refractivity contribution in [1.82, 2.24) is 5.32 Å². The van der Waals surface area contributed by atoms with E-state index in [9.17, 15) is 30.3 Å². The molecule has 55 heavy (non-hydrogen) atoms. The predicted octanol–water partition coefficient (Wildman–Crippen LogP) is 9.95. The van der Waals surface area contributed by atoms with Gasteiger partial charge in [0, 0.05) is 6.42 Å². The monoisotopic (exact) mass is 786 g/mol. The molecule has 1 aliphatic heterocycles. The average molecular weight is 786 g/mol. The van der Waals surface area contributed by atoms with E-state index in [1.807, 2.05) is 0 Å². The van der Waals surface area contributed by atoms with Gasteiger partial charge >= 0.3 is 0 Å². The van der Waals surface area contributed by atoms with Crippen LogP contribution < -0.4 is 5.32 Å². The van der Waals surface area contributed by atoms with Gasteiger partial charge in [0.15, 0.2) is 6.29 Å². The quantitative estimate of drug-likeness (QED) is 0.0337. The van der Waals surface area contributed by atoms with Crippen LogP contribution in [-0.2, 0) is 14.3 Å². The Bertz CT molecular complexity index is 832. The van der Waals surface area contributed by atoms with Crippen molar-refractivity contribution in [3.63, 3.8) is 0 Å². The molecule has 328 valence electrons. The van der Waals surface area contributed by atoms with Crippen LogP contribution in [0.1, 0.15) is 232 Å². The largest absolute Gasteiger partial charge is 0.394 e. The van der Waals surface area contributed by atoms with Gasteiger partial charge in [-0.1, -0.05) is 213 Å². The summed E-state index contributed by atoms with van der Waals surface area (Å²) < 4.78 is 11.3. The van der Waals surface area contributed by atoms with Crippen molar-refractivity contribution in [1.29, 1.82) is 0 Å². The van der Waals surface area contributed by atoms with Crippen molar-refractivity contribution in [2.24, 2.45) is 0 Å². The molecular formula is C46H91NO8. The fraction of sp³-hybridized carbons (Fsp3) is 0.978. The molecule has 1 rings (SSSR count). The molecular weight excluding hydrogens is 695 g/mol. The van der Waals surface area contributed by atoms with Crippen LogP contribution in [0, 0.1) is 0 Å². The minimum atomic E-state index is -1.55. The van der Waals surface area contributed by atoms with E-state index in [1.165, 1.54) is 167 Å². The Labute approximate surface area is 338 Å². The number of aliphatic hydroxyl groups excluding tert-OH is 5. The summed E-state index contributed by atoms with van der Waals surface area (Å²) in [5.74, 6) is -0.140. The lowest BCUT2D eigenvalue weighted by Crippen LogP contribution is -2.60. The van der Waals surface area contributed by atoms with E-state index < -0.39 is 49.5 Å². The van der Waals surface area contributed by atoms with Crippen LogP contribution in [0.4, 0.5) is 0 Å². The number of ether oxygens (including phenoxy) is 2. The summed E-state index contributed by atoms with van der Waals surface area (Å²) in [7, 11) is 0. The van der Waals surface area contributed by atoms with E-state index >= 15 is 0 Å². The van der Waals surface area contributed by atoms with Crippen molar-refractivity contribution < 1.29 is 39.8 Å². The molecule has 7 atom stereocenters. The molecule has 1 fully saturated rings. The Morgan fingerprint density at radius 2 is 0.909 bits per heavy atom. The van der Waals surface area contributed by atoms with Gasteiger partial charge in [0.2, 0.25) is 5.91 Å². The van der Waals surface area contributed by atoms with E-state index in [1.54, 1.807) is 0 Å². The van der Waals surface area contributed by atoms with Crippen molar-refractivity contribution in [3.8, 4) is 0 Å². The third kappa shape index (κ3) is 28.3. The molecule has 1 heterocycles. The lowest BCUT2D eigenvalue weighted by Gasteiger charge is -2.40. The van der Waals surface area contributed by atoms with E-state index in [0.29, 0.717) is 12.8 Å². The summed E-state index contributed by atoms with van der Waals surface area (Å²) in [4.78, 5) is 13.0. The first kappa shape index (κ1) is 52.2. The second kappa shape index (κ2) is 37.5. The van der Waals surface area contributed by atoms with Gasteiger partial charge in [-0.05, 0) is 12.8 Å². The second-order valence-electron chi connectivity index (χ2n) is 16.9. The van der Waals surface area contributed by atoms with E-state index in [0.717, 1.165) is 38.5 Å². The Hall–Kier alpha value is -0.810. The molecule has 0 bridgehead atoms. The predicted molar refractivity (Wildman–Crippen MR) is 226 cm³/mol. The minimum absolute atomic E-state index is 0.132. The van der Waals surface area contributed by atoms with Gasteiger partial charge in [0.1, 0.15) is 24.4 Å². The molecule has 1 saturated heterocycles. The summed E-state index contributed by atoms with van der Waals surface area (Å²) in [6.07, 6.45) is 33.9. The first-order chi connectivity index (χ1) is 26.8. The fourth-order valence-electron chi connectivity index (χ4n) is 7.87. The Balaban J connectivity index is 2.28. The van der Waals surface area contributed by atoms with E-state index in [-0.39, 0.29) is 12.5 Å². The van der Waals surface area contributed by atoms with Gasteiger partial charge in [-0.3, -0.25) is 4.79 Å². The molecule has 0 aliphatic carbocycles. The highest BCUT2D eigenvalue weighted by Gasteiger charge is 2.44. The van der Waals surface area contributed by atoms with Crippen LogP contribution in [0.25, 0.3) is 0 Å². The first-order valence-electron chi connectivity index (χ1n) is 23.7. The maximum absolute atomic E-state index is 13.0. The molecule has 0 spiro atoms. The van der Waals surface area contributed by atoms with Crippen molar-refractivity contribution in [2.45, 2.75) is 275 Å². The molecule has 0 unspecified atom stereocenters. The van der Waals surface area contributed by atoms with Crippen molar-refractivity contribution in [2.75, 3.05) is 13.2 Å². The third-order valence-corrected chi connectivity index (χ3v) is 11.7. The Kier molecular flexibility index (Phi) is 35.6. The molecule has 0 saturated carbocycles. The summed E-state index contributed by atoms with van der Waals surface area (Å²) >= 11 is 0. The highest BCUT2D eigenvalue weighted by Crippen LogP contribution is 2.23. The first-order valence-corrected chi connectivity index (χ1v) is 23.7. The molecule has 0 aromatic heterocycles. The van der Waals surface area contributed by atoms with E-state index in [2.05, 4.69) is 19.2 Å². The van der Waals surface area contributed by atoms with Crippen molar-refractivity contribution in [3.05, 3.63) is 0 Å². The number of nitrogens with one attached hydrogen (secondary N) is 1. The standard InChI is InChI=1S/C46H91NO8/c1-3-5-7-9-11-13-15-17-18-19-20-21-22-24-26-28-30-32-34-36-42(50)47-39(38-54-46-45(53)44(52)43(51)41(37-48)55-46)40(49)35-33-31-29-27-25-23-16-14-12-10-8-6-4-2/h39-41,43-46,48-49,51-53H,3-38H2,1-2H3,(H,47,50)/t39-,40+,41+,43-,44-,45+,46-/m0/s1. The molecule has 1 amide bonds. The zero-order valence-electron chi connectivity index (χ0n) is 36.0. The van der Waals surface area contributed by atoms with Crippen molar-refractivity contribution >= 4 is 5.91 Å². The van der Waals surface area contributed by atoms with Crippen LogP contribution in [0.2, 0.25) is 0 Å². The van der Waals surface area contributed by atoms with Gasteiger partial charge in [-0.2, -0.15) is 0 Å². The highest BCUT2D eigenvalue weighted by atomic mass is 16.7. The van der Waals surface area contributed by atoms with Crippen LogP contribution in [0.15, 0.2) is 0 Å². The molecule has 0 aromatic carbocycles.